The van der Waals surface area contributed by atoms with Crippen LogP contribution in [0.5, 0.6) is 11.5 Å². The minimum atomic E-state index is 0.0847. The normalized spacial score (nSPS) is 11.1. The molecular weight excluding hydrogens is 633 g/mol. The molecule has 9 heteroatoms. The molecule has 6 aromatic rings. The molecule has 0 aliphatic carbocycles. The van der Waals surface area contributed by atoms with Crippen molar-refractivity contribution in [3.8, 4) is 61.4 Å². The molecule has 0 spiro atoms. The van der Waals surface area contributed by atoms with E-state index in [-0.39, 0.29) is 17.3 Å². The molecule has 6 rings (SSSR count). The topological polar surface area (TPSA) is 149 Å². The number of benzene rings is 4. The van der Waals surface area contributed by atoms with Gasteiger partial charge in [0.25, 0.3) is 0 Å². The minimum absolute atomic E-state index is 0.0847. The number of phenols is 2. The van der Waals surface area contributed by atoms with E-state index in [1.807, 2.05) is 69.5 Å². The Morgan fingerprint density at radius 2 is 1.47 bits per heavy atom. The van der Waals surface area contributed by atoms with E-state index < -0.39 is 0 Å². The maximum Gasteiger partial charge on any atom is 0.170 e. The van der Waals surface area contributed by atoms with Gasteiger partial charge in [-0.05, 0) is 121 Å². The molecule has 0 unspecified atom stereocenters. The van der Waals surface area contributed by atoms with Gasteiger partial charge in [-0.1, -0.05) is 60.1 Å². The maximum atomic E-state index is 9.77. The van der Waals surface area contributed by atoms with Crippen LogP contribution in [-0.4, -0.2) is 26.4 Å². The van der Waals surface area contributed by atoms with Gasteiger partial charge in [0.15, 0.2) is 5.84 Å². The average molecular weight is 671 g/mol. The van der Waals surface area contributed by atoms with Crippen molar-refractivity contribution < 1.29 is 19.9 Å². The van der Waals surface area contributed by atoms with E-state index in [9.17, 15) is 20.7 Å². The first kappa shape index (κ1) is 34.5. The van der Waals surface area contributed by atoms with Crippen LogP contribution in [0, 0.1) is 39.0 Å². The molecule has 0 atom stereocenters. The Labute approximate surface area is 290 Å². The van der Waals surface area contributed by atoms with Gasteiger partial charge >= 0.3 is 0 Å². The molecular formula is C40H38N4O4S. The predicted octanol–water partition coefficient (Wildman–Crippen LogP) is 9.65. The van der Waals surface area contributed by atoms with Crippen LogP contribution in [0.1, 0.15) is 52.6 Å². The van der Waals surface area contributed by atoms with Crippen LogP contribution >= 0.6 is 11.3 Å². The standard InChI is InChI=1S/C21H20N2O2.C19H18N2O2S/c1-4-5-15-10-17(12-22)21(20-13(2)23-25-14(20)3)19(11-15)16-6-8-18(24)9-7-16;1-11-9-15(13-3-5-14(22)6-4-13)17(16(10-11)19(20)21-23)18-12(2)7-8-24-18/h6-11,24H,4-5H2,1-3H3;3-10,22-23H,1-2H3,(H2,20,21). The molecule has 0 saturated heterocycles. The molecule has 5 N–H and O–H groups in total. The van der Waals surface area contributed by atoms with E-state index >= 15 is 0 Å². The predicted molar refractivity (Wildman–Crippen MR) is 196 cm³/mol. The van der Waals surface area contributed by atoms with E-state index in [0.717, 1.165) is 79.0 Å². The highest BCUT2D eigenvalue weighted by Crippen LogP contribution is 2.41. The number of amidine groups is 1. The van der Waals surface area contributed by atoms with Gasteiger partial charge in [0.1, 0.15) is 17.3 Å². The Bertz CT molecular complexity index is 2150. The minimum Gasteiger partial charge on any atom is -0.508 e. The first-order chi connectivity index (χ1) is 23.6. The van der Waals surface area contributed by atoms with Gasteiger partial charge in [0, 0.05) is 27.1 Å². The molecule has 0 fully saturated rings. The Hall–Kier alpha value is -5.85. The molecule has 0 saturated carbocycles. The van der Waals surface area contributed by atoms with Crippen LogP contribution in [0.15, 0.2) is 93.9 Å². The smallest absolute Gasteiger partial charge is 0.170 e. The summed E-state index contributed by atoms with van der Waals surface area (Å²) in [6.45, 7) is 9.88. The van der Waals surface area contributed by atoms with Crippen LogP contribution in [0.3, 0.4) is 0 Å². The van der Waals surface area contributed by atoms with Gasteiger partial charge in [-0.3, -0.25) is 0 Å². The van der Waals surface area contributed by atoms with Crippen molar-refractivity contribution in [3.05, 3.63) is 124 Å². The number of hydrogen-bond donors (Lipinski definition) is 4. The third-order valence-electron chi connectivity index (χ3n) is 8.25. The summed E-state index contributed by atoms with van der Waals surface area (Å²) in [5.74, 6) is 1.21. The van der Waals surface area contributed by atoms with E-state index in [4.69, 9.17) is 10.3 Å². The molecule has 0 amide bonds. The van der Waals surface area contributed by atoms with Crippen LogP contribution in [0.4, 0.5) is 0 Å². The number of phenolic OH excluding ortho intramolecular Hbond substituents is 2. The van der Waals surface area contributed by atoms with Crippen molar-refractivity contribution in [1.82, 2.24) is 5.16 Å². The van der Waals surface area contributed by atoms with Gasteiger partial charge in [-0.2, -0.15) is 5.26 Å². The van der Waals surface area contributed by atoms with E-state index in [1.165, 1.54) is 0 Å². The van der Waals surface area contributed by atoms with Gasteiger partial charge in [0.2, 0.25) is 0 Å². The summed E-state index contributed by atoms with van der Waals surface area (Å²) >= 11 is 1.62. The quantitative estimate of drug-likeness (QED) is 0.0572. The van der Waals surface area contributed by atoms with Crippen molar-refractivity contribution in [3.63, 3.8) is 0 Å². The summed E-state index contributed by atoms with van der Waals surface area (Å²) in [5.41, 5.74) is 17.8. The molecule has 2 heterocycles. The number of rotatable bonds is 7. The lowest BCUT2D eigenvalue weighted by atomic mass is 9.87. The summed E-state index contributed by atoms with van der Waals surface area (Å²) < 4.78 is 5.34. The molecule has 0 radical (unpaired) electrons. The number of thiophene rings is 1. The Kier molecular flexibility index (Phi) is 10.5. The largest absolute Gasteiger partial charge is 0.508 e. The van der Waals surface area contributed by atoms with Crippen molar-refractivity contribution in [1.29, 1.82) is 5.26 Å². The zero-order valence-corrected chi connectivity index (χ0v) is 28.9. The van der Waals surface area contributed by atoms with E-state index in [0.29, 0.717) is 16.9 Å². The number of aromatic hydroxyl groups is 2. The maximum absolute atomic E-state index is 9.77. The summed E-state index contributed by atoms with van der Waals surface area (Å²) in [7, 11) is 0. The highest BCUT2D eigenvalue weighted by atomic mass is 32.1. The zero-order valence-electron chi connectivity index (χ0n) is 28.1. The van der Waals surface area contributed by atoms with Crippen LogP contribution in [0.25, 0.3) is 43.8 Å². The Morgan fingerprint density at radius 1 is 0.857 bits per heavy atom. The SMILES string of the molecule is CCCc1cc(C#N)c(-c2c(C)noc2C)c(-c2ccc(O)cc2)c1.Cc1cc(C(N)=NO)c(-c2sccc2C)c(-c2ccc(O)cc2)c1. The summed E-state index contributed by atoms with van der Waals surface area (Å²) in [6.07, 6.45) is 1.91. The van der Waals surface area contributed by atoms with Gasteiger partial charge in [-0.15, -0.1) is 11.3 Å². The van der Waals surface area contributed by atoms with Crippen molar-refractivity contribution in [2.75, 3.05) is 0 Å². The molecule has 4 aromatic carbocycles. The highest BCUT2D eigenvalue weighted by molar-refractivity contribution is 7.13. The molecule has 8 nitrogen and oxygen atoms in total. The second-order valence-corrected chi connectivity index (χ2v) is 12.8. The summed E-state index contributed by atoms with van der Waals surface area (Å²) in [4.78, 5) is 1.08. The van der Waals surface area contributed by atoms with Crippen molar-refractivity contribution in [2.24, 2.45) is 10.9 Å². The van der Waals surface area contributed by atoms with Gasteiger partial charge in [-0.25, -0.2) is 0 Å². The number of nitrogens with two attached hydrogens (primary N) is 1. The number of nitriles is 1. The molecule has 248 valence electrons. The summed E-state index contributed by atoms with van der Waals surface area (Å²) in [6, 6.07) is 26.6. The monoisotopic (exact) mass is 670 g/mol. The molecule has 0 aliphatic heterocycles. The Morgan fingerprint density at radius 3 is 1.96 bits per heavy atom. The van der Waals surface area contributed by atoms with E-state index in [2.05, 4.69) is 41.5 Å². The second-order valence-electron chi connectivity index (χ2n) is 11.9. The third kappa shape index (κ3) is 7.35. The first-order valence-corrected chi connectivity index (χ1v) is 16.7. The fourth-order valence-electron chi connectivity index (χ4n) is 5.99. The fraction of sp³-hybridized carbons (Fsp3) is 0.175. The lowest BCUT2D eigenvalue weighted by Gasteiger charge is -2.16. The Balaban J connectivity index is 0.000000191. The molecule has 0 aliphatic rings. The first-order valence-electron chi connectivity index (χ1n) is 15.8. The number of nitrogens with zero attached hydrogens (tertiary/aromatic N) is 3. The van der Waals surface area contributed by atoms with E-state index in [1.54, 1.807) is 35.6 Å². The highest BCUT2D eigenvalue weighted by Gasteiger charge is 2.22. The van der Waals surface area contributed by atoms with Crippen molar-refractivity contribution in [2.45, 2.75) is 47.5 Å². The third-order valence-corrected chi connectivity index (χ3v) is 9.29. The lowest BCUT2D eigenvalue weighted by molar-refractivity contribution is 0.318. The van der Waals surface area contributed by atoms with Crippen LogP contribution in [0.2, 0.25) is 0 Å². The van der Waals surface area contributed by atoms with Crippen molar-refractivity contribution >= 4 is 17.2 Å². The fourth-order valence-corrected chi connectivity index (χ4v) is 6.99. The van der Waals surface area contributed by atoms with Crippen LogP contribution in [-0.2, 0) is 6.42 Å². The number of oxime groups is 1. The average Bonchev–Trinajstić information content (AvgIpc) is 3.67. The lowest BCUT2D eigenvalue weighted by Crippen LogP contribution is -2.15. The molecule has 0 bridgehead atoms. The number of hydrogen-bond acceptors (Lipinski definition) is 8. The van der Waals surface area contributed by atoms with Gasteiger partial charge in [0.05, 0.1) is 17.3 Å². The second kappa shape index (κ2) is 14.9. The zero-order chi connectivity index (χ0) is 35.2. The van der Waals surface area contributed by atoms with Crippen LogP contribution < -0.4 is 5.73 Å². The summed E-state index contributed by atoms with van der Waals surface area (Å²) in [5, 5.41) is 47.4. The number of aromatic nitrogens is 1. The van der Waals surface area contributed by atoms with Gasteiger partial charge < -0.3 is 25.7 Å². The number of aryl methyl sites for hydroxylation is 5. The molecule has 2 aromatic heterocycles. The molecule has 49 heavy (non-hydrogen) atoms.